The summed E-state index contributed by atoms with van der Waals surface area (Å²) in [5.74, 6) is -0.448. The average Bonchev–Trinajstić information content (AvgIpc) is 2.61. The standard InChI is InChI=1S/C10H9ClN2O2/c11-7-1-2-9-8(4-7)6(5-12-9)3-10(14)13-15/h1-2,4-5,12,15H,3H2,(H,13,14). The van der Waals surface area contributed by atoms with Crippen molar-refractivity contribution in [1.82, 2.24) is 10.5 Å². The highest BCUT2D eigenvalue weighted by molar-refractivity contribution is 6.31. The summed E-state index contributed by atoms with van der Waals surface area (Å²) in [5, 5.41) is 9.94. The van der Waals surface area contributed by atoms with Gasteiger partial charge in [-0.1, -0.05) is 11.6 Å². The number of halogens is 1. The number of carbonyl (C=O) groups is 1. The van der Waals surface area contributed by atoms with Crippen LogP contribution in [0.25, 0.3) is 10.9 Å². The fourth-order valence-corrected chi connectivity index (χ4v) is 1.68. The molecule has 4 nitrogen and oxygen atoms in total. The predicted molar refractivity (Wildman–Crippen MR) is 56.9 cm³/mol. The molecule has 3 N–H and O–H groups in total. The van der Waals surface area contributed by atoms with Crippen LogP contribution in [0, 0.1) is 0 Å². The van der Waals surface area contributed by atoms with E-state index >= 15 is 0 Å². The largest absolute Gasteiger partial charge is 0.361 e. The molecule has 1 aromatic heterocycles. The quantitative estimate of drug-likeness (QED) is 0.539. The van der Waals surface area contributed by atoms with E-state index in [0.29, 0.717) is 5.02 Å². The first-order chi connectivity index (χ1) is 7.20. The van der Waals surface area contributed by atoms with Gasteiger partial charge in [-0.05, 0) is 23.8 Å². The van der Waals surface area contributed by atoms with Gasteiger partial charge in [0, 0.05) is 22.1 Å². The molecule has 0 saturated heterocycles. The van der Waals surface area contributed by atoms with Gasteiger partial charge in [0.1, 0.15) is 0 Å². The minimum Gasteiger partial charge on any atom is -0.361 e. The number of benzene rings is 1. The molecule has 0 atom stereocenters. The van der Waals surface area contributed by atoms with Crippen LogP contribution in [0.2, 0.25) is 5.02 Å². The minimum absolute atomic E-state index is 0.122. The number of rotatable bonds is 2. The summed E-state index contributed by atoms with van der Waals surface area (Å²) in [6, 6.07) is 5.40. The lowest BCUT2D eigenvalue weighted by Gasteiger charge is -1.97. The summed E-state index contributed by atoms with van der Waals surface area (Å²) < 4.78 is 0. The second-order valence-corrected chi connectivity index (χ2v) is 3.65. The SMILES string of the molecule is O=C(Cc1c[nH]c2ccc(Cl)cc12)NO. The fraction of sp³-hybridized carbons (Fsp3) is 0.100. The Labute approximate surface area is 90.8 Å². The highest BCUT2D eigenvalue weighted by Crippen LogP contribution is 2.22. The number of fused-ring (bicyclic) bond motifs is 1. The first-order valence-electron chi connectivity index (χ1n) is 4.39. The van der Waals surface area contributed by atoms with Crippen molar-refractivity contribution < 1.29 is 10.0 Å². The van der Waals surface area contributed by atoms with Gasteiger partial charge in [-0.15, -0.1) is 0 Å². The van der Waals surface area contributed by atoms with Gasteiger partial charge in [-0.3, -0.25) is 10.0 Å². The highest BCUT2D eigenvalue weighted by Gasteiger charge is 2.08. The number of nitrogens with one attached hydrogen (secondary N) is 2. The van der Waals surface area contributed by atoms with Crippen LogP contribution in [0.5, 0.6) is 0 Å². The van der Waals surface area contributed by atoms with Crippen LogP contribution in [0.15, 0.2) is 24.4 Å². The Hall–Kier alpha value is -1.52. The lowest BCUT2D eigenvalue weighted by atomic mass is 10.1. The summed E-state index contributed by atoms with van der Waals surface area (Å²) in [7, 11) is 0. The summed E-state index contributed by atoms with van der Waals surface area (Å²) in [5.41, 5.74) is 3.32. The number of carbonyl (C=O) groups excluding carboxylic acids is 1. The molecular formula is C10H9ClN2O2. The Morgan fingerprint density at radius 2 is 2.33 bits per heavy atom. The molecular weight excluding hydrogens is 216 g/mol. The number of hydrogen-bond donors (Lipinski definition) is 3. The van der Waals surface area contributed by atoms with Gasteiger partial charge in [0.15, 0.2) is 0 Å². The van der Waals surface area contributed by atoms with E-state index in [4.69, 9.17) is 16.8 Å². The van der Waals surface area contributed by atoms with Gasteiger partial charge < -0.3 is 4.98 Å². The van der Waals surface area contributed by atoms with Gasteiger partial charge >= 0.3 is 0 Å². The zero-order valence-corrected chi connectivity index (χ0v) is 8.51. The zero-order chi connectivity index (χ0) is 10.8. The molecule has 1 heterocycles. The monoisotopic (exact) mass is 224 g/mol. The third kappa shape index (κ3) is 1.95. The summed E-state index contributed by atoms with van der Waals surface area (Å²) >= 11 is 5.85. The Morgan fingerprint density at radius 1 is 1.53 bits per heavy atom. The van der Waals surface area contributed by atoms with E-state index in [1.54, 1.807) is 23.8 Å². The molecule has 0 radical (unpaired) electrons. The lowest BCUT2D eigenvalue weighted by Crippen LogP contribution is -2.20. The first-order valence-corrected chi connectivity index (χ1v) is 4.77. The van der Waals surface area contributed by atoms with Gasteiger partial charge in [-0.2, -0.15) is 0 Å². The molecule has 0 aliphatic heterocycles. The molecule has 0 saturated carbocycles. The zero-order valence-electron chi connectivity index (χ0n) is 7.75. The molecule has 0 aliphatic carbocycles. The number of aromatic amines is 1. The van der Waals surface area contributed by atoms with Gasteiger partial charge in [0.05, 0.1) is 6.42 Å². The van der Waals surface area contributed by atoms with Gasteiger partial charge in [0.2, 0.25) is 5.91 Å². The van der Waals surface area contributed by atoms with E-state index in [-0.39, 0.29) is 6.42 Å². The second-order valence-electron chi connectivity index (χ2n) is 3.22. The van der Waals surface area contributed by atoms with E-state index in [1.165, 1.54) is 0 Å². The van der Waals surface area contributed by atoms with Crippen LogP contribution >= 0.6 is 11.6 Å². The van der Waals surface area contributed by atoms with Crippen molar-refractivity contribution in [3.8, 4) is 0 Å². The Bertz CT molecular complexity index is 507. The van der Waals surface area contributed by atoms with Crippen LogP contribution in [-0.2, 0) is 11.2 Å². The molecule has 15 heavy (non-hydrogen) atoms. The molecule has 0 fully saturated rings. The topological polar surface area (TPSA) is 65.1 Å². The van der Waals surface area contributed by atoms with Crippen molar-refractivity contribution in [3.63, 3.8) is 0 Å². The van der Waals surface area contributed by atoms with E-state index in [1.807, 2.05) is 6.07 Å². The predicted octanol–water partition coefficient (Wildman–Crippen LogP) is 1.87. The third-order valence-electron chi connectivity index (χ3n) is 2.21. The maximum Gasteiger partial charge on any atom is 0.247 e. The van der Waals surface area contributed by atoms with Gasteiger partial charge in [0.25, 0.3) is 0 Å². The Kier molecular flexibility index (Phi) is 2.62. The van der Waals surface area contributed by atoms with Gasteiger partial charge in [-0.25, -0.2) is 5.48 Å². The third-order valence-corrected chi connectivity index (χ3v) is 2.44. The Morgan fingerprint density at radius 3 is 3.07 bits per heavy atom. The maximum absolute atomic E-state index is 11.0. The van der Waals surface area contributed by atoms with Crippen LogP contribution in [0.1, 0.15) is 5.56 Å². The first kappa shape index (κ1) is 10.0. The molecule has 0 unspecified atom stereocenters. The highest BCUT2D eigenvalue weighted by atomic mass is 35.5. The van der Waals surface area contributed by atoms with Crippen LogP contribution in [-0.4, -0.2) is 16.1 Å². The van der Waals surface area contributed by atoms with Crippen LogP contribution in [0.3, 0.4) is 0 Å². The second kappa shape index (κ2) is 3.92. The average molecular weight is 225 g/mol. The number of hydrogen-bond acceptors (Lipinski definition) is 2. The number of amides is 1. The van der Waals surface area contributed by atoms with E-state index in [2.05, 4.69) is 4.98 Å². The van der Waals surface area contributed by atoms with Crippen molar-refractivity contribution in [2.75, 3.05) is 0 Å². The molecule has 0 aliphatic rings. The summed E-state index contributed by atoms with van der Waals surface area (Å²) in [6.07, 6.45) is 1.85. The normalized spacial score (nSPS) is 10.5. The molecule has 1 amide bonds. The summed E-state index contributed by atoms with van der Waals surface area (Å²) in [4.78, 5) is 14.0. The fourth-order valence-electron chi connectivity index (χ4n) is 1.51. The summed E-state index contributed by atoms with van der Waals surface area (Å²) in [6.45, 7) is 0. The van der Waals surface area contributed by atoms with E-state index in [0.717, 1.165) is 16.5 Å². The number of H-pyrrole nitrogens is 1. The van der Waals surface area contributed by atoms with E-state index < -0.39 is 5.91 Å². The molecule has 0 spiro atoms. The number of hydroxylamine groups is 1. The Balaban J connectivity index is 2.43. The molecule has 1 aromatic carbocycles. The molecule has 78 valence electrons. The smallest absolute Gasteiger partial charge is 0.247 e. The molecule has 0 bridgehead atoms. The van der Waals surface area contributed by atoms with Crippen LogP contribution in [0.4, 0.5) is 0 Å². The number of aromatic nitrogens is 1. The molecule has 5 heteroatoms. The van der Waals surface area contributed by atoms with Crippen molar-refractivity contribution >= 4 is 28.4 Å². The van der Waals surface area contributed by atoms with Crippen LogP contribution < -0.4 is 5.48 Å². The van der Waals surface area contributed by atoms with E-state index in [9.17, 15) is 4.79 Å². The maximum atomic E-state index is 11.0. The van der Waals surface area contributed by atoms with Crippen molar-refractivity contribution in [3.05, 3.63) is 35.0 Å². The molecule has 2 aromatic rings. The van der Waals surface area contributed by atoms with Crippen molar-refractivity contribution in [2.24, 2.45) is 0 Å². The minimum atomic E-state index is -0.448. The van der Waals surface area contributed by atoms with Crippen molar-refractivity contribution in [2.45, 2.75) is 6.42 Å². The molecule has 2 rings (SSSR count). The van der Waals surface area contributed by atoms with Crippen molar-refractivity contribution in [1.29, 1.82) is 0 Å². The lowest BCUT2D eigenvalue weighted by molar-refractivity contribution is -0.128.